The number of amides is 1. The molecule has 4 rings (SSSR count). The first kappa shape index (κ1) is 18.7. The zero-order valence-corrected chi connectivity index (χ0v) is 17.7. The molecule has 0 N–H and O–H groups in total. The maximum Gasteiger partial charge on any atom is 0.222 e. The molecule has 6 heteroatoms. The molecular formula is C21H30N4OS. The van der Waals surface area contributed by atoms with Crippen molar-refractivity contribution in [2.24, 2.45) is 5.92 Å². The van der Waals surface area contributed by atoms with Crippen LogP contribution in [0.4, 0.5) is 5.82 Å². The number of hydrogen-bond acceptors (Lipinski definition) is 5. The Balaban J connectivity index is 1.74. The highest BCUT2D eigenvalue weighted by atomic mass is 32.1. The van der Waals surface area contributed by atoms with Crippen molar-refractivity contribution in [1.29, 1.82) is 0 Å². The summed E-state index contributed by atoms with van der Waals surface area (Å²) in [4.78, 5) is 29.0. The van der Waals surface area contributed by atoms with Crippen LogP contribution in [0.3, 0.4) is 0 Å². The molecular weight excluding hydrogens is 356 g/mol. The third-order valence-electron chi connectivity index (χ3n) is 5.90. The number of fused-ring (bicyclic) bond motifs is 3. The van der Waals surface area contributed by atoms with Gasteiger partial charge in [-0.15, -0.1) is 11.3 Å². The van der Waals surface area contributed by atoms with Gasteiger partial charge in [0.05, 0.1) is 5.39 Å². The Kier molecular flexibility index (Phi) is 5.10. The molecule has 0 spiro atoms. The van der Waals surface area contributed by atoms with E-state index in [1.54, 1.807) is 0 Å². The first-order valence-electron chi connectivity index (χ1n) is 10.3. The molecule has 0 bridgehead atoms. The summed E-state index contributed by atoms with van der Waals surface area (Å²) in [5, 5.41) is 1.29. The first-order chi connectivity index (χ1) is 13.0. The number of anilines is 1. The molecule has 1 aliphatic heterocycles. The molecule has 5 nitrogen and oxygen atoms in total. The minimum Gasteiger partial charge on any atom is -0.352 e. The molecule has 27 heavy (non-hydrogen) atoms. The standard InChI is InChI=1S/C21H30N4OS/c1-5-17(26)24-8-10-25(11-9-24)20-18-15-7-6-14(4)12-16(15)27-21(18)23-19(22-20)13(2)3/h13-14H,5-12H2,1-4H3/t14-/m1/s1. The van der Waals surface area contributed by atoms with Gasteiger partial charge in [0.15, 0.2) is 0 Å². The topological polar surface area (TPSA) is 49.3 Å². The fraction of sp³-hybridized carbons (Fsp3) is 0.667. The van der Waals surface area contributed by atoms with E-state index in [0.29, 0.717) is 12.3 Å². The molecule has 0 saturated carbocycles. The van der Waals surface area contributed by atoms with Crippen LogP contribution in [0.5, 0.6) is 0 Å². The van der Waals surface area contributed by atoms with Crippen LogP contribution in [-0.4, -0.2) is 47.0 Å². The van der Waals surface area contributed by atoms with Crippen molar-refractivity contribution in [3.63, 3.8) is 0 Å². The predicted molar refractivity (Wildman–Crippen MR) is 112 cm³/mol. The van der Waals surface area contributed by atoms with Gasteiger partial charge in [0.1, 0.15) is 16.5 Å². The van der Waals surface area contributed by atoms with Crippen LogP contribution in [0.25, 0.3) is 10.2 Å². The van der Waals surface area contributed by atoms with Crippen LogP contribution in [0.2, 0.25) is 0 Å². The predicted octanol–water partition coefficient (Wildman–Crippen LogP) is 4.00. The van der Waals surface area contributed by atoms with E-state index in [2.05, 4.69) is 25.7 Å². The molecule has 1 saturated heterocycles. The Hall–Kier alpha value is -1.69. The third kappa shape index (κ3) is 3.44. The van der Waals surface area contributed by atoms with Gasteiger partial charge in [-0.1, -0.05) is 27.7 Å². The number of aromatic nitrogens is 2. The number of aryl methyl sites for hydroxylation is 1. The number of piperazine rings is 1. The van der Waals surface area contributed by atoms with E-state index < -0.39 is 0 Å². The largest absolute Gasteiger partial charge is 0.352 e. The zero-order valence-electron chi connectivity index (χ0n) is 16.9. The molecule has 146 valence electrons. The summed E-state index contributed by atoms with van der Waals surface area (Å²) in [6, 6.07) is 0. The Bertz CT molecular complexity index is 851. The molecule has 3 heterocycles. The molecule has 1 amide bonds. The van der Waals surface area contributed by atoms with Crippen molar-refractivity contribution >= 4 is 33.3 Å². The SMILES string of the molecule is CCC(=O)N1CCN(c2nc(C(C)C)nc3sc4c(c23)CC[C@@H](C)C4)CC1. The second-order valence-electron chi connectivity index (χ2n) is 8.31. The monoisotopic (exact) mass is 386 g/mol. The van der Waals surface area contributed by atoms with Gasteiger partial charge in [-0.05, 0) is 30.7 Å². The van der Waals surface area contributed by atoms with Crippen LogP contribution in [0.1, 0.15) is 62.7 Å². The van der Waals surface area contributed by atoms with E-state index in [1.165, 1.54) is 28.7 Å². The van der Waals surface area contributed by atoms with Crippen molar-refractivity contribution in [2.45, 2.75) is 59.3 Å². The third-order valence-corrected chi connectivity index (χ3v) is 7.05. The quantitative estimate of drug-likeness (QED) is 0.800. The lowest BCUT2D eigenvalue weighted by molar-refractivity contribution is -0.131. The minimum absolute atomic E-state index is 0.257. The molecule has 0 aromatic carbocycles. The average Bonchev–Trinajstić information content (AvgIpc) is 3.04. The van der Waals surface area contributed by atoms with Gasteiger partial charge in [0, 0.05) is 43.4 Å². The van der Waals surface area contributed by atoms with Crippen LogP contribution < -0.4 is 4.90 Å². The Morgan fingerprint density at radius 3 is 2.63 bits per heavy atom. The van der Waals surface area contributed by atoms with Gasteiger partial charge in [0.2, 0.25) is 5.91 Å². The molecule has 0 unspecified atom stereocenters. The zero-order chi connectivity index (χ0) is 19.1. The molecule has 1 fully saturated rings. The molecule has 0 radical (unpaired) electrons. The van der Waals surface area contributed by atoms with Crippen LogP contribution >= 0.6 is 11.3 Å². The van der Waals surface area contributed by atoms with Gasteiger partial charge >= 0.3 is 0 Å². The van der Waals surface area contributed by atoms with Crippen molar-refractivity contribution < 1.29 is 4.79 Å². The van der Waals surface area contributed by atoms with E-state index >= 15 is 0 Å². The van der Waals surface area contributed by atoms with Gasteiger partial charge in [-0.25, -0.2) is 9.97 Å². The lowest BCUT2D eigenvalue weighted by Gasteiger charge is -2.36. The molecule has 2 aliphatic rings. The van der Waals surface area contributed by atoms with Gasteiger partial charge < -0.3 is 9.80 Å². The molecule has 1 atom stereocenters. The lowest BCUT2D eigenvalue weighted by atomic mass is 9.89. The normalized spacial score (nSPS) is 20.4. The summed E-state index contributed by atoms with van der Waals surface area (Å²) in [6.45, 7) is 11.9. The fourth-order valence-electron chi connectivity index (χ4n) is 4.22. The maximum atomic E-state index is 12.0. The second-order valence-corrected chi connectivity index (χ2v) is 9.40. The van der Waals surface area contributed by atoms with Gasteiger partial charge in [-0.3, -0.25) is 4.79 Å². The van der Waals surface area contributed by atoms with Crippen molar-refractivity contribution in [2.75, 3.05) is 31.1 Å². The van der Waals surface area contributed by atoms with E-state index in [-0.39, 0.29) is 5.91 Å². The number of hydrogen-bond donors (Lipinski definition) is 0. The number of rotatable bonds is 3. The van der Waals surface area contributed by atoms with E-state index in [9.17, 15) is 4.79 Å². The smallest absolute Gasteiger partial charge is 0.222 e. The Labute approximate surface area is 165 Å². The van der Waals surface area contributed by atoms with Crippen LogP contribution in [-0.2, 0) is 17.6 Å². The fourth-order valence-corrected chi connectivity index (χ4v) is 5.60. The summed E-state index contributed by atoms with van der Waals surface area (Å²) in [5.41, 5.74) is 1.49. The average molecular weight is 387 g/mol. The summed E-state index contributed by atoms with van der Waals surface area (Å²) < 4.78 is 0. The molecule has 2 aromatic heterocycles. The maximum absolute atomic E-state index is 12.0. The first-order valence-corrected chi connectivity index (χ1v) is 11.1. The van der Waals surface area contributed by atoms with Gasteiger partial charge in [-0.2, -0.15) is 0 Å². The highest BCUT2D eigenvalue weighted by molar-refractivity contribution is 7.19. The number of nitrogens with zero attached hydrogens (tertiary/aromatic N) is 4. The molecule has 2 aromatic rings. The minimum atomic E-state index is 0.257. The van der Waals surface area contributed by atoms with Crippen LogP contribution in [0, 0.1) is 5.92 Å². The van der Waals surface area contributed by atoms with Gasteiger partial charge in [0.25, 0.3) is 0 Å². The van der Waals surface area contributed by atoms with Crippen LogP contribution in [0.15, 0.2) is 0 Å². The number of thiophene rings is 1. The summed E-state index contributed by atoms with van der Waals surface area (Å²) in [5.74, 6) is 3.38. The number of carbonyl (C=O) groups is 1. The van der Waals surface area contributed by atoms with E-state index in [4.69, 9.17) is 9.97 Å². The lowest BCUT2D eigenvalue weighted by Crippen LogP contribution is -2.49. The highest BCUT2D eigenvalue weighted by Gasteiger charge is 2.28. The summed E-state index contributed by atoms with van der Waals surface area (Å²) in [6.07, 6.45) is 4.15. The highest BCUT2D eigenvalue weighted by Crippen LogP contribution is 2.41. The van der Waals surface area contributed by atoms with E-state index in [1.807, 2.05) is 23.2 Å². The second kappa shape index (κ2) is 7.38. The Morgan fingerprint density at radius 2 is 1.96 bits per heavy atom. The van der Waals surface area contributed by atoms with Crippen molar-refractivity contribution in [3.05, 3.63) is 16.3 Å². The number of carbonyl (C=O) groups excluding carboxylic acids is 1. The Morgan fingerprint density at radius 1 is 1.22 bits per heavy atom. The van der Waals surface area contributed by atoms with E-state index in [0.717, 1.165) is 55.0 Å². The van der Waals surface area contributed by atoms with Crippen molar-refractivity contribution in [3.8, 4) is 0 Å². The molecule has 1 aliphatic carbocycles. The summed E-state index contributed by atoms with van der Waals surface area (Å²) >= 11 is 1.88. The van der Waals surface area contributed by atoms with Crippen molar-refractivity contribution in [1.82, 2.24) is 14.9 Å². The summed E-state index contributed by atoms with van der Waals surface area (Å²) in [7, 11) is 0.